The Kier molecular flexibility index (Phi) is 3.80. The Morgan fingerprint density at radius 3 is 2.13 bits per heavy atom. The fourth-order valence-electron chi connectivity index (χ4n) is 2.56. The first kappa shape index (κ1) is 15.5. The summed E-state index contributed by atoms with van der Waals surface area (Å²) < 4.78 is 68.6. The number of benzene rings is 3. The average Bonchev–Trinajstić information content (AvgIpc) is 2.51. The van der Waals surface area contributed by atoms with Gasteiger partial charge in [0.25, 0.3) is 0 Å². The lowest BCUT2D eigenvalue weighted by atomic mass is 9.98. The van der Waals surface area contributed by atoms with Crippen LogP contribution in [0, 0.1) is 29.1 Å². The zero-order chi connectivity index (χ0) is 16.7. The normalized spacial score (nSPS) is 11.2. The zero-order valence-corrected chi connectivity index (χ0v) is 12.1. The topological polar surface area (TPSA) is 0 Å². The minimum Gasteiger partial charge on any atom is -0.206 e. The SMILES string of the molecule is CCc1ccc(-c2cc(F)c3c(F)c(F)c(F)cc3c2)c(F)c1. The van der Waals surface area contributed by atoms with Crippen LogP contribution in [-0.2, 0) is 6.42 Å². The molecule has 0 aliphatic carbocycles. The Morgan fingerprint density at radius 2 is 1.48 bits per heavy atom. The third-order valence-electron chi connectivity index (χ3n) is 3.78. The van der Waals surface area contributed by atoms with Gasteiger partial charge in [-0.05, 0) is 47.2 Å². The maximum absolute atomic E-state index is 14.1. The second-order valence-corrected chi connectivity index (χ2v) is 5.21. The molecule has 5 heteroatoms. The number of fused-ring (bicyclic) bond motifs is 1. The molecule has 3 aromatic rings. The number of rotatable bonds is 2. The summed E-state index contributed by atoms with van der Waals surface area (Å²) in [4.78, 5) is 0. The molecule has 0 aromatic heterocycles. The lowest BCUT2D eigenvalue weighted by Crippen LogP contribution is -1.96. The van der Waals surface area contributed by atoms with Gasteiger partial charge in [-0.25, -0.2) is 22.0 Å². The lowest BCUT2D eigenvalue weighted by molar-refractivity contribution is 0.451. The Labute approximate surface area is 129 Å². The van der Waals surface area contributed by atoms with Crippen molar-refractivity contribution in [3.8, 4) is 11.1 Å². The summed E-state index contributed by atoms with van der Waals surface area (Å²) in [6, 6.07) is 7.32. The molecule has 0 radical (unpaired) electrons. The van der Waals surface area contributed by atoms with Crippen LogP contribution in [0.2, 0.25) is 0 Å². The largest absolute Gasteiger partial charge is 0.206 e. The van der Waals surface area contributed by atoms with Crippen molar-refractivity contribution in [3.63, 3.8) is 0 Å². The first-order valence-electron chi connectivity index (χ1n) is 6.98. The highest BCUT2D eigenvalue weighted by atomic mass is 19.2. The molecule has 0 fully saturated rings. The Morgan fingerprint density at radius 1 is 0.739 bits per heavy atom. The van der Waals surface area contributed by atoms with Crippen molar-refractivity contribution in [2.45, 2.75) is 13.3 Å². The maximum atomic E-state index is 14.1. The highest BCUT2D eigenvalue weighted by molar-refractivity contribution is 5.88. The molecule has 0 saturated carbocycles. The van der Waals surface area contributed by atoms with Gasteiger partial charge in [-0.3, -0.25) is 0 Å². The highest BCUT2D eigenvalue weighted by Gasteiger charge is 2.18. The van der Waals surface area contributed by atoms with Crippen molar-refractivity contribution in [1.82, 2.24) is 0 Å². The van der Waals surface area contributed by atoms with Gasteiger partial charge in [0.05, 0.1) is 5.39 Å². The van der Waals surface area contributed by atoms with Crippen molar-refractivity contribution in [2.75, 3.05) is 0 Å². The predicted octanol–water partition coefficient (Wildman–Crippen LogP) is 5.76. The van der Waals surface area contributed by atoms with Crippen LogP contribution in [0.3, 0.4) is 0 Å². The summed E-state index contributed by atoms with van der Waals surface area (Å²) in [5.41, 5.74) is 1.00. The van der Waals surface area contributed by atoms with Crippen LogP contribution in [0.4, 0.5) is 22.0 Å². The maximum Gasteiger partial charge on any atom is 0.195 e. The summed E-state index contributed by atoms with van der Waals surface area (Å²) >= 11 is 0. The zero-order valence-electron chi connectivity index (χ0n) is 12.1. The smallest absolute Gasteiger partial charge is 0.195 e. The molecule has 0 unspecified atom stereocenters. The summed E-state index contributed by atoms with van der Waals surface area (Å²) in [5, 5.41) is -0.825. The van der Waals surface area contributed by atoms with Gasteiger partial charge in [0.1, 0.15) is 11.6 Å². The molecule has 0 aliphatic heterocycles. The van der Waals surface area contributed by atoms with Crippen molar-refractivity contribution in [2.24, 2.45) is 0 Å². The molecule has 3 rings (SSSR count). The minimum absolute atomic E-state index is 0.105. The van der Waals surface area contributed by atoms with Gasteiger partial charge in [-0.2, -0.15) is 0 Å². The number of aryl methyl sites for hydroxylation is 1. The van der Waals surface area contributed by atoms with E-state index < -0.39 is 34.5 Å². The first-order chi connectivity index (χ1) is 10.9. The van der Waals surface area contributed by atoms with Crippen LogP contribution in [-0.4, -0.2) is 0 Å². The van der Waals surface area contributed by atoms with E-state index in [1.54, 1.807) is 6.07 Å². The Hall–Kier alpha value is -2.43. The van der Waals surface area contributed by atoms with Gasteiger partial charge in [-0.15, -0.1) is 0 Å². The van der Waals surface area contributed by atoms with Crippen LogP contribution >= 0.6 is 0 Å². The fourth-order valence-corrected chi connectivity index (χ4v) is 2.56. The molecule has 0 atom stereocenters. The standard InChI is InChI=1S/C18H11F5/c1-2-9-3-4-12(13(19)5-9)10-6-11-8-15(21)17(22)18(23)16(11)14(20)7-10/h3-8H,2H2,1H3. The van der Waals surface area contributed by atoms with Gasteiger partial charge in [0.2, 0.25) is 0 Å². The Balaban J connectivity index is 2.26. The lowest BCUT2D eigenvalue weighted by Gasteiger charge is -2.09. The van der Waals surface area contributed by atoms with Gasteiger partial charge >= 0.3 is 0 Å². The van der Waals surface area contributed by atoms with Crippen LogP contribution in [0.25, 0.3) is 21.9 Å². The molecular formula is C18H11F5. The van der Waals surface area contributed by atoms with Crippen molar-refractivity contribution < 1.29 is 22.0 Å². The Bertz CT molecular complexity index is 915. The second-order valence-electron chi connectivity index (χ2n) is 5.21. The van der Waals surface area contributed by atoms with E-state index in [-0.39, 0.29) is 16.5 Å². The van der Waals surface area contributed by atoms with Crippen LogP contribution in [0.15, 0.2) is 36.4 Å². The van der Waals surface area contributed by atoms with Crippen molar-refractivity contribution in [3.05, 3.63) is 71.0 Å². The summed E-state index contributed by atoms with van der Waals surface area (Å²) in [6.07, 6.45) is 0.638. The molecular weight excluding hydrogens is 311 g/mol. The van der Waals surface area contributed by atoms with E-state index in [2.05, 4.69) is 0 Å². The predicted molar refractivity (Wildman–Crippen MR) is 78.6 cm³/mol. The van der Waals surface area contributed by atoms with E-state index in [4.69, 9.17) is 0 Å². The molecule has 0 bridgehead atoms. The van der Waals surface area contributed by atoms with Crippen LogP contribution < -0.4 is 0 Å². The van der Waals surface area contributed by atoms with Gasteiger partial charge in [0.15, 0.2) is 17.5 Å². The highest BCUT2D eigenvalue weighted by Crippen LogP contribution is 2.32. The number of halogens is 5. The van der Waals surface area contributed by atoms with Gasteiger partial charge < -0.3 is 0 Å². The fraction of sp³-hybridized carbons (Fsp3) is 0.111. The number of hydrogen-bond acceptors (Lipinski definition) is 0. The molecule has 0 amide bonds. The molecule has 23 heavy (non-hydrogen) atoms. The molecule has 3 aromatic carbocycles. The van der Waals surface area contributed by atoms with E-state index in [0.29, 0.717) is 12.5 Å². The summed E-state index contributed by atoms with van der Waals surface area (Å²) in [6.45, 7) is 1.87. The molecule has 0 nitrogen and oxygen atoms in total. The average molecular weight is 322 g/mol. The molecule has 0 heterocycles. The molecule has 0 saturated heterocycles. The van der Waals surface area contributed by atoms with E-state index >= 15 is 0 Å². The van der Waals surface area contributed by atoms with E-state index in [9.17, 15) is 22.0 Å². The quantitative estimate of drug-likeness (QED) is 0.415. The first-order valence-corrected chi connectivity index (χ1v) is 6.98. The molecule has 0 aliphatic rings. The number of hydrogen-bond donors (Lipinski definition) is 0. The van der Waals surface area contributed by atoms with Crippen molar-refractivity contribution in [1.29, 1.82) is 0 Å². The van der Waals surface area contributed by atoms with Crippen molar-refractivity contribution >= 4 is 10.8 Å². The molecule has 0 N–H and O–H groups in total. The molecule has 0 spiro atoms. The minimum atomic E-state index is -1.73. The monoisotopic (exact) mass is 322 g/mol. The third-order valence-corrected chi connectivity index (χ3v) is 3.78. The van der Waals surface area contributed by atoms with Gasteiger partial charge in [0, 0.05) is 5.56 Å². The summed E-state index contributed by atoms with van der Waals surface area (Å²) in [5.74, 6) is -6.39. The van der Waals surface area contributed by atoms with Crippen LogP contribution in [0.5, 0.6) is 0 Å². The second kappa shape index (κ2) is 5.65. The van der Waals surface area contributed by atoms with Crippen LogP contribution in [0.1, 0.15) is 12.5 Å². The molecule has 118 valence electrons. The third kappa shape index (κ3) is 2.56. The summed E-state index contributed by atoms with van der Waals surface area (Å²) in [7, 11) is 0. The van der Waals surface area contributed by atoms with Gasteiger partial charge in [-0.1, -0.05) is 19.1 Å². The van der Waals surface area contributed by atoms with E-state index in [1.807, 2.05) is 6.92 Å². The van der Waals surface area contributed by atoms with E-state index in [0.717, 1.165) is 11.6 Å². The van der Waals surface area contributed by atoms with E-state index in [1.165, 1.54) is 18.2 Å².